The number of hydrogen-bond donors (Lipinski definition) is 2. The molecule has 0 aromatic heterocycles. The number of halogens is 4. The summed E-state index contributed by atoms with van der Waals surface area (Å²) < 4.78 is 0. The minimum atomic E-state index is 0. The average molecular weight is 241 g/mol. The maximum atomic E-state index is 0. The molecule has 0 aliphatic rings. The third-order valence-corrected chi connectivity index (χ3v) is 0. The molecular formula is H8Cl4CuN2. The Morgan fingerprint density at radius 2 is 0.429 bits per heavy atom. The third kappa shape index (κ3) is 93.1. The molecular weight excluding hydrogens is 233 g/mol. The van der Waals surface area contributed by atoms with Gasteiger partial charge in [-0.05, 0) is 0 Å². The standard InChI is InChI=1S/4ClH.Cu.2H3N/h4*1H;;2*1H3/q;;;;+2;;/p-2. The monoisotopic (exact) mass is 239 g/mol. The predicted molar refractivity (Wildman–Crippen MR) is 12.0 cm³/mol. The Labute approximate surface area is 78.8 Å². The minimum absolute atomic E-state index is 0. The van der Waals surface area contributed by atoms with Crippen LogP contribution in [-0.4, -0.2) is 0 Å². The van der Waals surface area contributed by atoms with E-state index in [0.29, 0.717) is 0 Å². The zero-order valence-electron chi connectivity index (χ0n) is 3.81. The van der Waals surface area contributed by atoms with Crippen LogP contribution in [0.5, 0.6) is 0 Å². The van der Waals surface area contributed by atoms with Gasteiger partial charge in [0.1, 0.15) is 0 Å². The topological polar surface area (TPSA) is 73.0 Å². The van der Waals surface area contributed by atoms with Crippen molar-refractivity contribution in [3.63, 3.8) is 0 Å². The molecule has 0 saturated carbocycles. The van der Waals surface area contributed by atoms with Crippen LogP contribution in [0.25, 0.3) is 0 Å². The number of quaternary nitrogens is 2. The van der Waals surface area contributed by atoms with E-state index in [1.54, 1.807) is 0 Å². The Kier molecular flexibility index (Phi) is 3590. The summed E-state index contributed by atoms with van der Waals surface area (Å²) in [5, 5.41) is 0. The summed E-state index contributed by atoms with van der Waals surface area (Å²) in [6.45, 7) is 0. The van der Waals surface area contributed by atoms with Gasteiger partial charge in [-0.1, -0.05) is 0 Å². The fourth-order valence-electron chi connectivity index (χ4n) is 0. The zero-order valence-corrected chi connectivity index (χ0v) is 7.78. The fraction of sp³-hybridized carbons (Fsp3) is 0. The normalized spacial score (nSPS) is 0. The maximum absolute atomic E-state index is 0. The average Bonchev–Trinajstić information content (AvgIpc) is 0. The zero-order chi connectivity index (χ0) is 0. The van der Waals surface area contributed by atoms with E-state index in [2.05, 4.69) is 0 Å². The van der Waals surface area contributed by atoms with E-state index in [4.69, 9.17) is 0 Å². The van der Waals surface area contributed by atoms with E-state index in [1.807, 2.05) is 0 Å². The second-order valence-corrected chi connectivity index (χ2v) is 0. The second-order valence-electron chi connectivity index (χ2n) is 0. The van der Waals surface area contributed by atoms with Crippen molar-refractivity contribution in [2.75, 3.05) is 0 Å². The number of rotatable bonds is 0. The molecule has 2 nitrogen and oxygen atoms in total. The molecule has 0 fully saturated rings. The molecule has 0 aliphatic heterocycles. The first-order valence-electron chi connectivity index (χ1n) is 0. The van der Waals surface area contributed by atoms with Gasteiger partial charge in [0, 0.05) is 0 Å². The van der Waals surface area contributed by atoms with Gasteiger partial charge >= 0.3 is 17.1 Å². The maximum Gasteiger partial charge on any atom is 2.00 e. The van der Waals surface area contributed by atoms with Crippen molar-refractivity contribution in [2.24, 2.45) is 0 Å². The van der Waals surface area contributed by atoms with Gasteiger partial charge in [-0.25, -0.2) is 0 Å². The first kappa shape index (κ1) is 194. The van der Waals surface area contributed by atoms with Crippen LogP contribution in [0.3, 0.4) is 0 Å². The smallest absolute Gasteiger partial charge is 1.00 e. The van der Waals surface area contributed by atoms with Gasteiger partial charge in [-0.3, -0.25) is 0 Å². The van der Waals surface area contributed by atoms with Gasteiger partial charge in [-0.2, -0.15) is 0 Å². The minimum Gasteiger partial charge on any atom is -1.00 e. The van der Waals surface area contributed by atoms with E-state index in [0.717, 1.165) is 0 Å². The van der Waals surface area contributed by atoms with Crippen molar-refractivity contribution in [1.29, 1.82) is 0 Å². The van der Waals surface area contributed by atoms with Crippen LogP contribution in [-0.2, 0) is 17.1 Å². The summed E-state index contributed by atoms with van der Waals surface area (Å²) in [6, 6.07) is 0. The molecule has 0 rings (SSSR count). The van der Waals surface area contributed by atoms with Crippen LogP contribution in [0.1, 0.15) is 0 Å². The predicted octanol–water partition coefficient (Wildman–Crippen LogP) is -11.2. The third-order valence-electron chi connectivity index (χ3n) is 0. The second kappa shape index (κ2) is 129. The van der Waals surface area contributed by atoms with Crippen molar-refractivity contribution >= 4 is 0 Å². The quantitative estimate of drug-likeness (QED) is 0.395. The molecule has 1 radical (unpaired) electrons. The van der Waals surface area contributed by atoms with E-state index < -0.39 is 0 Å². The van der Waals surface area contributed by atoms with E-state index in [-0.39, 0.29) is 79.0 Å². The fourth-order valence-corrected chi connectivity index (χ4v) is 0. The Morgan fingerprint density at radius 1 is 0.429 bits per heavy atom. The molecule has 0 bridgehead atoms. The molecule has 0 aromatic carbocycles. The van der Waals surface area contributed by atoms with Crippen LogP contribution in [0, 0.1) is 0 Å². The Bertz CT molecular complexity index is 9.65. The van der Waals surface area contributed by atoms with Gasteiger partial charge in [-0.15, -0.1) is 0 Å². The van der Waals surface area contributed by atoms with Crippen molar-refractivity contribution in [3.05, 3.63) is 0 Å². The van der Waals surface area contributed by atoms with Gasteiger partial charge in [0.2, 0.25) is 0 Å². The van der Waals surface area contributed by atoms with Crippen LogP contribution in [0.15, 0.2) is 0 Å². The number of hydrogen-bond acceptors (Lipinski definition) is 0. The molecule has 0 atom stereocenters. The first-order valence-corrected chi connectivity index (χ1v) is 0. The summed E-state index contributed by atoms with van der Waals surface area (Å²) in [5.74, 6) is 0. The largest absolute Gasteiger partial charge is 2.00 e. The molecule has 0 amide bonds. The van der Waals surface area contributed by atoms with E-state index >= 15 is 0 Å². The molecule has 0 unspecified atom stereocenters. The van der Waals surface area contributed by atoms with Crippen molar-refractivity contribution < 1.29 is 66.7 Å². The molecule has 0 spiro atoms. The summed E-state index contributed by atoms with van der Waals surface area (Å²) in [6.07, 6.45) is 0. The Balaban J connectivity index is 0. The van der Waals surface area contributed by atoms with Gasteiger partial charge in [0.05, 0.1) is 0 Å². The van der Waals surface area contributed by atoms with Crippen LogP contribution in [0.4, 0.5) is 0 Å². The summed E-state index contributed by atoms with van der Waals surface area (Å²) >= 11 is 0. The van der Waals surface area contributed by atoms with E-state index in [9.17, 15) is 0 Å². The molecule has 57 valence electrons. The molecule has 7 heavy (non-hydrogen) atoms. The summed E-state index contributed by atoms with van der Waals surface area (Å²) in [5.41, 5.74) is 0. The first-order chi connectivity index (χ1) is 0. The molecule has 0 heterocycles. The summed E-state index contributed by atoms with van der Waals surface area (Å²) in [7, 11) is 0. The molecule has 7 heteroatoms. The van der Waals surface area contributed by atoms with Gasteiger partial charge in [0.15, 0.2) is 0 Å². The van der Waals surface area contributed by atoms with Crippen molar-refractivity contribution in [1.82, 2.24) is 12.3 Å². The SMILES string of the molecule is [Cl-].[Cl-].[Cl-].[Cl-].[Cu+2].[NH4+].[NH4+]. The molecule has 0 saturated heterocycles. The molecule has 8 N–H and O–H groups in total. The summed E-state index contributed by atoms with van der Waals surface area (Å²) in [4.78, 5) is 0. The molecule has 0 aliphatic carbocycles. The van der Waals surface area contributed by atoms with Crippen LogP contribution < -0.4 is 61.9 Å². The Morgan fingerprint density at radius 3 is 0.429 bits per heavy atom. The van der Waals surface area contributed by atoms with Crippen LogP contribution >= 0.6 is 0 Å². The van der Waals surface area contributed by atoms with Crippen LogP contribution in [0.2, 0.25) is 0 Å². The van der Waals surface area contributed by atoms with E-state index in [1.165, 1.54) is 0 Å². The molecule has 0 aromatic rings. The van der Waals surface area contributed by atoms with Gasteiger partial charge in [0.25, 0.3) is 0 Å². The Hall–Kier alpha value is 1.60. The van der Waals surface area contributed by atoms with Gasteiger partial charge < -0.3 is 61.9 Å². The van der Waals surface area contributed by atoms with Crippen molar-refractivity contribution in [2.45, 2.75) is 0 Å². The van der Waals surface area contributed by atoms with Crippen molar-refractivity contribution in [3.8, 4) is 0 Å².